The van der Waals surface area contributed by atoms with Crippen LogP contribution >= 0.6 is 0 Å². The number of pyridine rings is 1. The van der Waals surface area contributed by atoms with Crippen molar-refractivity contribution < 1.29 is 14.3 Å². The molecule has 31 heavy (non-hydrogen) atoms. The molecular formula is C24H30N4O3. The minimum Gasteiger partial charge on any atom is -0.368 e. The molecule has 0 bridgehead atoms. The lowest BCUT2D eigenvalue weighted by Crippen LogP contribution is -2.27. The first-order valence-corrected chi connectivity index (χ1v) is 11.2. The van der Waals surface area contributed by atoms with Gasteiger partial charge in [0.25, 0.3) is 11.8 Å². The minimum atomic E-state index is -0.401. The number of carbonyl (C=O) groups excluding carboxylic acids is 2. The van der Waals surface area contributed by atoms with Crippen molar-refractivity contribution in [2.24, 2.45) is 0 Å². The summed E-state index contributed by atoms with van der Waals surface area (Å²) in [6.07, 6.45) is 8.07. The minimum absolute atomic E-state index is 0.161. The lowest BCUT2D eigenvalue weighted by molar-refractivity contribution is -0.124. The second kappa shape index (κ2) is 10.4. The van der Waals surface area contributed by atoms with E-state index in [4.69, 9.17) is 4.74 Å². The Bertz CT molecular complexity index is 886. The highest BCUT2D eigenvalue weighted by Crippen LogP contribution is 2.18. The molecule has 0 saturated carbocycles. The third-order valence-corrected chi connectivity index (χ3v) is 5.81. The molecule has 2 saturated heterocycles. The van der Waals surface area contributed by atoms with E-state index >= 15 is 0 Å². The summed E-state index contributed by atoms with van der Waals surface area (Å²) < 4.78 is 5.41. The molecule has 4 rings (SSSR count). The van der Waals surface area contributed by atoms with Crippen LogP contribution in [0, 0.1) is 0 Å². The number of anilines is 2. The summed E-state index contributed by atoms with van der Waals surface area (Å²) >= 11 is 0. The fourth-order valence-corrected chi connectivity index (χ4v) is 4.04. The first-order valence-electron chi connectivity index (χ1n) is 11.2. The fourth-order valence-electron chi connectivity index (χ4n) is 4.04. The van der Waals surface area contributed by atoms with Crippen LogP contribution in [0.15, 0.2) is 42.6 Å². The van der Waals surface area contributed by atoms with Crippen LogP contribution in [0.1, 0.15) is 54.4 Å². The Morgan fingerprint density at radius 1 is 1.06 bits per heavy atom. The van der Waals surface area contributed by atoms with Crippen molar-refractivity contribution in [1.29, 1.82) is 0 Å². The molecule has 0 spiro atoms. The van der Waals surface area contributed by atoms with Crippen LogP contribution in [0.2, 0.25) is 0 Å². The van der Waals surface area contributed by atoms with Gasteiger partial charge in [-0.1, -0.05) is 25.0 Å². The molecule has 1 aromatic heterocycles. The SMILES string of the molecule is O=C(NCc1ccc(N2CCCCCC2)nc1)c1cccc(NC(=O)[C@@H]2CCCO2)c1. The van der Waals surface area contributed by atoms with Crippen molar-refractivity contribution in [2.45, 2.75) is 51.2 Å². The summed E-state index contributed by atoms with van der Waals surface area (Å²) in [5.41, 5.74) is 2.05. The summed E-state index contributed by atoms with van der Waals surface area (Å²) in [6.45, 7) is 3.14. The van der Waals surface area contributed by atoms with Gasteiger partial charge in [0.05, 0.1) is 0 Å². The van der Waals surface area contributed by atoms with Crippen molar-refractivity contribution in [3.8, 4) is 0 Å². The number of ether oxygens (including phenoxy) is 1. The smallest absolute Gasteiger partial charge is 0.253 e. The van der Waals surface area contributed by atoms with Gasteiger partial charge in [-0.3, -0.25) is 9.59 Å². The van der Waals surface area contributed by atoms with Crippen molar-refractivity contribution >= 4 is 23.3 Å². The Morgan fingerprint density at radius 3 is 2.61 bits per heavy atom. The molecule has 0 unspecified atom stereocenters. The first kappa shape index (κ1) is 21.3. The van der Waals surface area contributed by atoms with Gasteiger partial charge in [0, 0.05) is 43.7 Å². The maximum Gasteiger partial charge on any atom is 0.253 e. The molecule has 0 radical (unpaired) electrons. The van der Waals surface area contributed by atoms with E-state index in [9.17, 15) is 9.59 Å². The average molecular weight is 423 g/mol. The first-order chi connectivity index (χ1) is 15.2. The third-order valence-electron chi connectivity index (χ3n) is 5.81. The van der Waals surface area contributed by atoms with Crippen LogP contribution in [0.3, 0.4) is 0 Å². The fraction of sp³-hybridized carbons (Fsp3) is 0.458. The Hall–Kier alpha value is -2.93. The zero-order chi connectivity index (χ0) is 21.5. The van der Waals surface area contributed by atoms with Crippen LogP contribution in [0.5, 0.6) is 0 Å². The number of carbonyl (C=O) groups is 2. The predicted molar refractivity (Wildman–Crippen MR) is 120 cm³/mol. The number of nitrogens with one attached hydrogen (secondary N) is 2. The van der Waals surface area contributed by atoms with Crippen LogP contribution in [-0.2, 0) is 16.1 Å². The highest BCUT2D eigenvalue weighted by Gasteiger charge is 2.23. The third kappa shape index (κ3) is 5.82. The normalized spacial score (nSPS) is 19.0. The average Bonchev–Trinajstić information content (AvgIpc) is 3.21. The second-order valence-electron chi connectivity index (χ2n) is 8.18. The molecule has 164 valence electrons. The van der Waals surface area contributed by atoms with E-state index in [-0.39, 0.29) is 11.8 Å². The summed E-state index contributed by atoms with van der Waals surface area (Å²) in [7, 11) is 0. The summed E-state index contributed by atoms with van der Waals surface area (Å²) in [4.78, 5) is 31.7. The van der Waals surface area contributed by atoms with Gasteiger partial charge in [-0.15, -0.1) is 0 Å². The van der Waals surface area contributed by atoms with E-state index in [1.165, 1.54) is 25.7 Å². The molecule has 2 N–H and O–H groups in total. The number of rotatable bonds is 6. The van der Waals surface area contributed by atoms with Gasteiger partial charge >= 0.3 is 0 Å². The van der Waals surface area contributed by atoms with Crippen LogP contribution in [0.4, 0.5) is 11.5 Å². The van der Waals surface area contributed by atoms with E-state index < -0.39 is 6.10 Å². The Kier molecular flexibility index (Phi) is 7.14. The number of hydrogen-bond donors (Lipinski definition) is 2. The predicted octanol–water partition coefficient (Wildman–Crippen LogP) is 3.51. The van der Waals surface area contributed by atoms with Crippen molar-refractivity contribution in [1.82, 2.24) is 10.3 Å². The van der Waals surface area contributed by atoms with E-state index in [0.717, 1.165) is 37.3 Å². The molecule has 7 heteroatoms. The van der Waals surface area contributed by atoms with E-state index in [0.29, 0.717) is 24.4 Å². The van der Waals surface area contributed by atoms with E-state index in [1.807, 2.05) is 18.3 Å². The molecular weight excluding hydrogens is 392 g/mol. The monoisotopic (exact) mass is 422 g/mol. The topological polar surface area (TPSA) is 83.6 Å². The molecule has 3 heterocycles. The van der Waals surface area contributed by atoms with Crippen LogP contribution in [-0.4, -0.2) is 42.6 Å². The van der Waals surface area contributed by atoms with Crippen molar-refractivity contribution in [2.75, 3.05) is 29.9 Å². The van der Waals surface area contributed by atoms with Gasteiger partial charge in [0.1, 0.15) is 11.9 Å². The number of benzene rings is 1. The van der Waals surface area contributed by atoms with Gasteiger partial charge in [-0.25, -0.2) is 4.98 Å². The van der Waals surface area contributed by atoms with Crippen molar-refractivity contribution in [3.63, 3.8) is 0 Å². The Morgan fingerprint density at radius 2 is 1.90 bits per heavy atom. The molecule has 2 amide bonds. The lowest BCUT2D eigenvalue weighted by atomic mass is 10.1. The molecule has 0 aliphatic carbocycles. The zero-order valence-electron chi connectivity index (χ0n) is 17.8. The number of hydrogen-bond acceptors (Lipinski definition) is 5. The number of amides is 2. The van der Waals surface area contributed by atoms with E-state index in [2.05, 4.69) is 20.5 Å². The van der Waals surface area contributed by atoms with Gasteiger partial charge < -0.3 is 20.3 Å². The molecule has 1 atom stereocenters. The number of nitrogens with zero attached hydrogens (tertiary/aromatic N) is 2. The maximum absolute atomic E-state index is 12.6. The highest BCUT2D eigenvalue weighted by molar-refractivity contribution is 5.98. The van der Waals surface area contributed by atoms with Gasteiger partial charge in [0.15, 0.2) is 0 Å². The molecule has 1 aromatic carbocycles. The van der Waals surface area contributed by atoms with Crippen LogP contribution < -0.4 is 15.5 Å². The zero-order valence-corrected chi connectivity index (χ0v) is 17.8. The molecule has 2 aromatic rings. The molecule has 2 aliphatic rings. The molecule has 2 fully saturated rings. The van der Waals surface area contributed by atoms with Gasteiger partial charge in [0.2, 0.25) is 0 Å². The standard InChI is InChI=1S/C24H30N4O3/c29-23(19-7-5-8-20(15-19)27-24(30)21-9-6-14-31-21)26-17-18-10-11-22(25-16-18)28-12-3-1-2-4-13-28/h5,7-8,10-11,15-16,21H,1-4,6,9,12-14,17H2,(H,26,29)(H,27,30)/t21-/m0/s1. The van der Waals surface area contributed by atoms with E-state index in [1.54, 1.807) is 24.3 Å². The lowest BCUT2D eigenvalue weighted by Gasteiger charge is -2.21. The maximum atomic E-state index is 12.6. The van der Waals surface area contributed by atoms with Gasteiger partial charge in [-0.2, -0.15) is 0 Å². The second-order valence-corrected chi connectivity index (χ2v) is 8.18. The highest BCUT2D eigenvalue weighted by atomic mass is 16.5. The summed E-state index contributed by atoms with van der Waals surface area (Å²) in [5, 5.41) is 5.77. The Balaban J connectivity index is 1.30. The van der Waals surface area contributed by atoms with Crippen molar-refractivity contribution in [3.05, 3.63) is 53.7 Å². The summed E-state index contributed by atoms with van der Waals surface area (Å²) in [5.74, 6) is 0.655. The van der Waals surface area contributed by atoms with Crippen LogP contribution in [0.25, 0.3) is 0 Å². The number of aromatic nitrogens is 1. The molecule has 7 nitrogen and oxygen atoms in total. The molecule has 2 aliphatic heterocycles. The Labute approximate surface area is 183 Å². The quantitative estimate of drug-likeness (QED) is 0.744. The summed E-state index contributed by atoms with van der Waals surface area (Å²) in [6, 6.07) is 11.0. The van der Waals surface area contributed by atoms with Gasteiger partial charge in [-0.05, 0) is 55.5 Å². The largest absolute Gasteiger partial charge is 0.368 e.